The van der Waals surface area contributed by atoms with Crippen molar-refractivity contribution in [3.05, 3.63) is 0 Å². The summed E-state index contributed by atoms with van der Waals surface area (Å²) in [6, 6.07) is -0.731. The zero-order valence-electron chi connectivity index (χ0n) is 17.7. The van der Waals surface area contributed by atoms with Gasteiger partial charge in [-0.2, -0.15) is 0 Å². The minimum Gasteiger partial charge on any atom is -0.392 e. The van der Waals surface area contributed by atoms with Crippen LogP contribution in [0.5, 0.6) is 0 Å². The predicted molar refractivity (Wildman–Crippen MR) is 110 cm³/mol. The van der Waals surface area contributed by atoms with Gasteiger partial charge in [0.2, 0.25) is 0 Å². The van der Waals surface area contributed by atoms with Gasteiger partial charge in [0.05, 0.1) is 0 Å². The summed E-state index contributed by atoms with van der Waals surface area (Å²) in [6.45, 7) is 3.78. The Hall–Kier alpha value is 0.1000. The van der Waals surface area contributed by atoms with Crippen LogP contribution in [-0.4, -0.2) is 47.5 Å². The first kappa shape index (κ1) is 28.3. The number of hydrogen-bond acceptors (Lipinski definition) is 4. The van der Waals surface area contributed by atoms with Crippen molar-refractivity contribution in [2.45, 2.75) is 123 Å². The Labute approximate surface area is 183 Å². The quantitative estimate of drug-likeness (QED) is 0.162. The topological polar surface area (TPSA) is 69.4 Å². The Morgan fingerprint density at radius 1 is 0.731 bits per heavy atom. The molecule has 1 radical (unpaired) electrons. The van der Waals surface area contributed by atoms with Crippen LogP contribution in [0.15, 0.2) is 0 Å². The van der Waals surface area contributed by atoms with Crippen LogP contribution in [0.2, 0.25) is 0 Å². The maximum absolute atomic E-state index is 11.4. The van der Waals surface area contributed by atoms with Crippen LogP contribution in [0.3, 0.4) is 0 Å². The van der Waals surface area contributed by atoms with E-state index in [0.717, 1.165) is 19.3 Å². The number of carbonyl (C=O) groups is 2. The zero-order valence-corrected chi connectivity index (χ0v) is 19.7. The molecule has 0 spiro atoms. The zero-order chi connectivity index (χ0) is 18.8. The van der Waals surface area contributed by atoms with Gasteiger partial charge in [-0.1, -0.05) is 96.8 Å². The first-order valence-electron chi connectivity index (χ1n) is 10.6. The van der Waals surface area contributed by atoms with E-state index < -0.39 is 18.0 Å². The summed E-state index contributed by atoms with van der Waals surface area (Å²) < 4.78 is 4.63. The van der Waals surface area contributed by atoms with Gasteiger partial charge in [0, 0.05) is 36.0 Å². The number of unbranched alkanes of at least 4 members (excludes halogenated alkanes) is 14. The van der Waals surface area contributed by atoms with Crippen LogP contribution in [-0.2, 0) is 14.3 Å². The van der Waals surface area contributed by atoms with E-state index in [9.17, 15) is 9.59 Å². The summed E-state index contributed by atoms with van der Waals surface area (Å²) >= 11 is 0. The molecule has 26 heavy (non-hydrogen) atoms. The average molecular weight is 379 g/mol. The molecule has 0 bridgehead atoms. The first-order valence-corrected chi connectivity index (χ1v) is 10.6. The van der Waals surface area contributed by atoms with Crippen molar-refractivity contribution in [3.63, 3.8) is 0 Å². The maximum Gasteiger partial charge on any atom is 0.330 e. The fourth-order valence-corrected chi connectivity index (χ4v) is 2.90. The average Bonchev–Trinajstić information content (AvgIpc) is 2.58. The molecule has 0 aliphatic carbocycles. The van der Waals surface area contributed by atoms with Gasteiger partial charge in [0.15, 0.2) is 0 Å². The Morgan fingerprint density at radius 2 is 1.08 bits per heavy atom. The molecule has 0 unspecified atom stereocenters. The second-order valence-corrected chi connectivity index (χ2v) is 7.28. The van der Waals surface area contributed by atoms with E-state index in [2.05, 4.69) is 11.7 Å². The third-order valence-corrected chi connectivity index (χ3v) is 4.57. The molecular formula is C21H41NNaO3. The molecule has 0 amide bonds. The van der Waals surface area contributed by atoms with Crippen molar-refractivity contribution in [3.8, 4) is 0 Å². The fraction of sp³-hybridized carbons (Fsp3) is 0.905. The monoisotopic (exact) mass is 378 g/mol. The van der Waals surface area contributed by atoms with E-state index >= 15 is 0 Å². The molecule has 0 saturated heterocycles. The van der Waals surface area contributed by atoms with Crippen molar-refractivity contribution in [1.82, 2.24) is 0 Å². The second-order valence-electron chi connectivity index (χ2n) is 7.28. The normalized spacial score (nSPS) is 11.7. The van der Waals surface area contributed by atoms with Crippen LogP contribution in [0, 0.1) is 0 Å². The van der Waals surface area contributed by atoms with Crippen molar-refractivity contribution in [1.29, 1.82) is 0 Å². The second kappa shape index (κ2) is 21.4. The van der Waals surface area contributed by atoms with Gasteiger partial charge in [-0.25, -0.2) is 4.79 Å². The minimum atomic E-state index is -0.731. The largest absolute Gasteiger partial charge is 0.392 e. The number of ether oxygens (including phenoxy) is 1. The van der Waals surface area contributed by atoms with Gasteiger partial charge in [-0.15, -0.1) is 0 Å². The van der Waals surface area contributed by atoms with Crippen LogP contribution in [0.25, 0.3) is 0 Å². The molecular weight excluding hydrogens is 337 g/mol. The number of nitrogens with two attached hydrogens (primary N) is 1. The van der Waals surface area contributed by atoms with Gasteiger partial charge < -0.3 is 10.5 Å². The number of esters is 2. The molecule has 5 heteroatoms. The number of rotatable bonds is 17. The van der Waals surface area contributed by atoms with Crippen molar-refractivity contribution in [2.75, 3.05) is 0 Å². The maximum atomic E-state index is 11.4. The summed E-state index contributed by atoms with van der Waals surface area (Å²) in [4.78, 5) is 22.5. The minimum absolute atomic E-state index is 0. The predicted octanol–water partition coefficient (Wildman–Crippen LogP) is 5.28. The number of hydrogen-bond donors (Lipinski definition) is 1. The molecule has 4 nitrogen and oxygen atoms in total. The SMILES string of the molecule is CCCCCCCCCCCCCCCCCC(=O)OC(=O)[C@H](C)N.[Na]. The van der Waals surface area contributed by atoms with Crippen molar-refractivity contribution >= 4 is 41.5 Å². The first-order chi connectivity index (χ1) is 12.1. The van der Waals surface area contributed by atoms with Crippen LogP contribution < -0.4 is 5.73 Å². The summed E-state index contributed by atoms with van der Waals surface area (Å²) in [7, 11) is 0. The van der Waals surface area contributed by atoms with Crippen LogP contribution in [0.4, 0.5) is 0 Å². The molecule has 2 N–H and O–H groups in total. The van der Waals surface area contributed by atoms with Gasteiger partial charge >= 0.3 is 11.9 Å². The summed E-state index contributed by atoms with van der Waals surface area (Å²) in [5, 5.41) is 0. The molecule has 0 fully saturated rings. The van der Waals surface area contributed by atoms with Gasteiger partial charge in [-0.05, 0) is 13.3 Å². The third kappa shape index (κ3) is 20.4. The molecule has 0 saturated carbocycles. The molecule has 0 aromatic rings. The molecule has 0 aliphatic rings. The molecule has 0 aromatic heterocycles. The Balaban J connectivity index is 0. The van der Waals surface area contributed by atoms with E-state index in [-0.39, 0.29) is 29.6 Å². The van der Waals surface area contributed by atoms with E-state index in [0.29, 0.717) is 6.42 Å². The van der Waals surface area contributed by atoms with Crippen molar-refractivity contribution < 1.29 is 14.3 Å². The van der Waals surface area contributed by atoms with Crippen molar-refractivity contribution in [2.24, 2.45) is 5.73 Å². The molecule has 0 rings (SSSR count). The molecule has 0 aliphatic heterocycles. The molecule has 149 valence electrons. The Kier molecular flexibility index (Phi) is 23.3. The van der Waals surface area contributed by atoms with Crippen LogP contribution >= 0.6 is 0 Å². The summed E-state index contributed by atoms with van der Waals surface area (Å²) in [5.74, 6) is -1.08. The Bertz CT molecular complexity index is 335. The van der Waals surface area contributed by atoms with E-state index in [1.165, 1.54) is 84.0 Å². The number of carbonyl (C=O) groups excluding carboxylic acids is 2. The summed E-state index contributed by atoms with van der Waals surface area (Å²) in [5.41, 5.74) is 5.34. The Morgan fingerprint density at radius 3 is 1.42 bits per heavy atom. The van der Waals surface area contributed by atoms with E-state index in [1.54, 1.807) is 0 Å². The third-order valence-electron chi connectivity index (χ3n) is 4.57. The van der Waals surface area contributed by atoms with E-state index in [4.69, 9.17) is 5.73 Å². The summed E-state index contributed by atoms with van der Waals surface area (Å²) in [6.07, 6.45) is 19.7. The fourth-order valence-electron chi connectivity index (χ4n) is 2.90. The van der Waals surface area contributed by atoms with Gasteiger partial charge in [0.1, 0.15) is 6.04 Å². The molecule has 0 aromatic carbocycles. The smallest absolute Gasteiger partial charge is 0.330 e. The van der Waals surface area contributed by atoms with E-state index in [1.807, 2.05) is 0 Å². The van der Waals surface area contributed by atoms with Gasteiger partial charge in [0.25, 0.3) is 0 Å². The molecule has 0 heterocycles. The standard InChI is InChI=1S/C21H41NO3.Na/c1-3-4-5-6-7-8-9-10-11-12-13-14-15-16-17-18-20(23)25-21(24)19(2)22;/h19H,3-18,22H2,1-2H3;/t19-;/m0./s1. The molecule has 1 atom stereocenters. The van der Waals surface area contributed by atoms with Gasteiger partial charge in [-0.3, -0.25) is 4.79 Å². The van der Waals surface area contributed by atoms with Crippen LogP contribution in [0.1, 0.15) is 117 Å².